The molecule has 5 heteroatoms. The van der Waals surface area contributed by atoms with E-state index >= 15 is 0 Å². The summed E-state index contributed by atoms with van der Waals surface area (Å²) in [7, 11) is 0. The quantitative estimate of drug-likeness (QED) is 0.889. The molecule has 3 N–H and O–H groups in total. The third kappa shape index (κ3) is 4.45. The van der Waals surface area contributed by atoms with Crippen LogP contribution in [0.15, 0.2) is 42.6 Å². The minimum Gasteiger partial charge on any atom is -0.490 e. The highest BCUT2D eigenvalue weighted by Crippen LogP contribution is 2.25. The Morgan fingerprint density at radius 3 is 2.57 bits per heavy atom. The van der Waals surface area contributed by atoms with E-state index in [9.17, 15) is 4.79 Å². The molecule has 1 amide bonds. The van der Waals surface area contributed by atoms with Gasteiger partial charge < -0.3 is 15.8 Å². The van der Waals surface area contributed by atoms with Crippen LogP contribution in [0.2, 0.25) is 0 Å². The van der Waals surface area contributed by atoms with E-state index in [1.54, 1.807) is 18.3 Å². The zero-order valence-electron chi connectivity index (χ0n) is 13.0. The molecule has 0 atom stereocenters. The van der Waals surface area contributed by atoms with Crippen molar-refractivity contribution in [1.82, 2.24) is 4.98 Å². The predicted octanol–water partition coefficient (Wildman–Crippen LogP) is 3.17. The molecule has 120 valence electrons. The van der Waals surface area contributed by atoms with Crippen molar-refractivity contribution >= 4 is 17.3 Å². The molecule has 1 fully saturated rings. The van der Waals surface area contributed by atoms with Crippen molar-refractivity contribution in [2.75, 3.05) is 11.1 Å². The fourth-order valence-electron chi connectivity index (χ4n) is 2.73. The molecule has 0 unspecified atom stereocenters. The van der Waals surface area contributed by atoms with Crippen LogP contribution in [-0.2, 0) is 11.2 Å². The lowest BCUT2D eigenvalue weighted by Crippen LogP contribution is -2.15. The van der Waals surface area contributed by atoms with Crippen molar-refractivity contribution in [2.45, 2.75) is 38.2 Å². The number of amides is 1. The molecule has 1 aromatic carbocycles. The molecule has 0 saturated heterocycles. The molecule has 1 aliphatic carbocycles. The van der Waals surface area contributed by atoms with Crippen LogP contribution in [0.1, 0.15) is 31.4 Å². The minimum absolute atomic E-state index is 0.105. The van der Waals surface area contributed by atoms with E-state index in [0.29, 0.717) is 17.5 Å². The molecular weight excluding hydrogens is 290 g/mol. The number of hydrogen-bond acceptors (Lipinski definition) is 4. The van der Waals surface area contributed by atoms with E-state index < -0.39 is 0 Å². The Labute approximate surface area is 135 Å². The van der Waals surface area contributed by atoms with Crippen LogP contribution < -0.4 is 15.8 Å². The largest absolute Gasteiger partial charge is 0.490 e. The lowest BCUT2D eigenvalue weighted by atomic mass is 10.2. The van der Waals surface area contributed by atoms with Crippen LogP contribution in [0.3, 0.4) is 0 Å². The van der Waals surface area contributed by atoms with Gasteiger partial charge in [-0.25, -0.2) is 0 Å². The summed E-state index contributed by atoms with van der Waals surface area (Å²) >= 11 is 0. The summed E-state index contributed by atoms with van der Waals surface area (Å²) in [4.78, 5) is 16.1. The van der Waals surface area contributed by atoms with Gasteiger partial charge in [-0.05, 0) is 62.1 Å². The normalized spacial score (nSPS) is 14.6. The first kappa shape index (κ1) is 15.3. The van der Waals surface area contributed by atoms with Gasteiger partial charge in [-0.2, -0.15) is 0 Å². The lowest BCUT2D eigenvalue weighted by molar-refractivity contribution is -0.115. The maximum absolute atomic E-state index is 12.0. The van der Waals surface area contributed by atoms with E-state index in [1.165, 1.54) is 12.8 Å². The van der Waals surface area contributed by atoms with Crippen molar-refractivity contribution in [1.29, 1.82) is 0 Å². The molecule has 5 nitrogen and oxygen atoms in total. The number of hydrogen-bond donors (Lipinski definition) is 2. The molecule has 1 saturated carbocycles. The van der Waals surface area contributed by atoms with E-state index in [0.717, 1.165) is 24.3 Å². The molecule has 0 bridgehead atoms. The fourth-order valence-corrected chi connectivity index (χ4v) is 2.73. The minimum atomic E-state index is -0.105. The molecule has 1 aliphatic rings. The second-order valence-corrected chi connectivity index (χ2v) is 5.86. The zero-order valence-corrected chi connectivity index (χ0v) is 13.0. The molecule has 0 radical (unpaired) electrons. The molecule has 2 aromatic rings. The SMILES string of the molecule is Nc1ccc(CC(=O)Nc2ccc(OC3CCCC3)cc2)nc1. The molecule has 3 rings (SSSR count). The highest BCUT2D eigenvalue weighted by molar-refractivity contribution is 5.92. The Kier molecular flexibility index (Phi) is 4.76. The van der Waals surface area contributed by atoms with Crippen LogP contribution in [0.5, 0.6) is 5.75 Å². The van der Waals surface area contributed by atoms with Crippen LogP contribution in [-0.4, -0.2) is 17.0 Å². The van der Waals surface area contributed by atoms with Crippen molar-refractivity contribution in [3.63, 3.8) is 0 Å². The topological polar surface area (TPSA) is 77.2 Å². The van der Waals surface area contributed by atoms with Gasteiger partial charge in [0, 0.05) is 11.4 Å². The molecule has 1 aromatic heterocycles. The summed E-state index contributed by atoms with van der Waals surface area (Å²) in [5, 5.41) is 2.86. The first-order chi connectivity index (χ1) is 11.2. The molecular formula is C18H21N3O2. The number of benzene rings is 1. The smallest absolute Gasteiger partial charge is 0.230 e. The first-order valence-corrected chi connectivity index (χ1v) is 7.96. The summed E-state index contributed by atoms with van der Waals surface area (Å²) in [6.07, 6.45) is 6.88. The second kappa shape index (κ2) is 7.13. The standard InChI is InChI=1S/C18H21N3O2/c19-13-5-6-15(20-12-13)11-18(22)21-14-7-9-17(10-8-14)23-16-3-1-2-4-16/h5-10,12,16H,1-4,11,19H2,(H,21,22). The number of aromatic nitrogens is 1. The van der Waals surface area contributed by atoms with Gasteiger partial charge in [0.2, 0.25) is 5.91 Å². The van der Waals surface area contributed by atoms with Gasteiger partial charge in [-0.3, -0.25) is 9.78 Å². The number of pyridine rings is 1. The van der Waals surface area contributed by atoms with E-state index in [1.807, 2.05) is 24.3 Å². The molecule has 0 spiro atoms. The molecule has 23 heavy (non-hydrogen) atoms. The number of nitrogens with two attached hydrogens (primary N) is 1. The summed E-state index contributed by atoms with van der Waals surface area (Å²) in [5.74, 6) is 0.752. The summed E-state index contributed by atoms with van der Waals surface area (Å²) in [5.41, 5.74) is 7.61. The maximum atomic E-state index is 12.0. The van der Waals surface area contributed by atoms with Crippen molar-refractivity contribution in [3.05, 3.63) is 48.3 Å². The van der Waals surface area contributed by atoms with Gasteiger partial charge in [0.25, 0.3) is 0 Å². The number of carbonyl (C=O) groups is 1. The Balaban J connectivity index is 1.52. The monoisotopic (exact) mass is 311 g/mol. The molecule has 1 heterocycles. The van der Waals surface area contributed by atoms with Crippen molar-refractivity contribution in [3.8, 4) is 5.75 Å². The predicted molar refractivity (Wildman–Crippen MR) is 90.3 cm³/mol. The Morgan fingerprint density at radius 2 is 1.91 bits per heavy atom. The number of nitrogens with zero attached hydrogens (tertiary/aromatic N) is 1. The lowest BCUT2D eigenvalue weighted by Gasteiger charge is -2.13. The van der Waals surface area contributed by atoms with Crippen LogP contribution in [0.25, 0.3) is 0 Å². The average molecular weight is 311 g/mol. The summed E-state index contributed by atoms with van der Waals surface area (Å²) < 4.78 is 5.91. The highest BCUT2D eigenvalue weighted by atomic mass is 16.5. The van der Waals surface area contributed by atoms with E-state index in [4.69, 9.17) is 10.5 Å². The third-order valence-electron chi connectivity index (χ3n) is 3.93. The van der Waals surface area contributed by atoms with E-state index in [2.05, 4.69) is 10.3 Å². The average Bonchev–Trinajstić information content (AvgIpc) is 3.04. The maximum Gasteiger partial charge on any atom is 0.230 e. The van der Waals surface area contributed by atoms with Gasteiger partial charge in [-0.15, -0.1) is 0 Å². The first-order valence-electron chi connectivity index (χ1n) is 7.96. The Hall–Kier alpha value is -2.56. The van der Waals surface area contributed by atoms with Gasteiger partial charge in [0.05, 0.1) is 24.4 Å². The van der Waals surface area contributed by atoms with Gasteiger partial charge >= 0.3 is 0 Å². The van der Waals surface area contributed by atoms with Crippen molar-refractivity contribution in [2.24, 2.45) is 0 Å². The number of nitrogens with one attached hydrogen (secondary N) is 1. The van der Waals surface area contributed by atoms with Crippen LogP contribution >= 0.6 is 0 Å². The number of carbonyl (C=O) groups excluding carboxylic acids is 1. The molecule has 0 aliphatic heterocycles. The Bertz CT molecular complexity index is 647. The highest BCUT2D eigenvalue weighted by Gasteiger charge is 2.16. The third-order valence-corrected chi connectivity index (χ3v) is 3.93. The number of ether oxygens (including phenoxy) is 1. The van der Waals surface area contributed by atoms with Crippen LogP contribution in [0.4, 0.5) is 11.4 Å². The fraction of sp³-hybridized carbons (Fsp3) is 0.333. The van der Waals surface area contributed by atoms with Gasteiger partial charge in [0.15, 0.2) is 0 Å². The Morgan fingerprint density at radius 1 is 1.17 bits per heavy atom. The number of rotatable bonds is 5. The second-order valence-electron chi connectivity index (χ2n) is 5.86. The number of anilines is 2. The summed E-state index contributed by atoms with van der Waals surface area (Å²) in [6.45, 7) is 0. The van der Waals surface area contributed by atoms with Crippen LogP contribution in [0, 0.1) is 0 Å². The van der Waals surface area contributed by atoms with Gasteiger partial charge in [-0.1, -0.05) is 0 Å². The van der Waals surface area contributed by atoms with Crippen molar-refractivity contribution < 1.29 is 9.53 Å². The van der Waals surface area contributed by atoms with E-state index in [-0.39, 0.29) is 12.3 Å². The van der Waals surface area contributed by atoms with Gasteiger partial charge in [0.1, 0.15) is 5.75 Å². The number of nitrogen functional groups attached to an aromatic ring is 1. The summed E-state index contributed by atoms with van der Waals surface area (Å²) in [6, 6.07) is 11.0. The zero-order chi connectivity index (χ0) is 16.1.